The molecule has 3 N–H and O–H groups in total. The van der Waals surface area contributed by atoms with Crippen LogP contribution in [0.5, 0.6) is 0 Å². The molecule has 2 rings (SSSR count). The lowest BCUT2D eigenvalue weighted by Crippen LogP contribution is -2.36. The van der Waals surface area contributed by atoms with Crippen LogP contribution in [0.25, 0.3) is 0 Å². The number of rotatable bonds is 8. The van der Waals surface area contributed by atoms with Crippen molar-refractivity contribution in [3.05, 3.63) is 29.8 Å². The highest BCUT2D eigenvalue weighted by atomic mass is 16.2. The molecule has 0 radical (unpaired) electrons. The number of benzene rings is 1. The van der Waals surface area contributed by atoms with Gasteiger partial charge in [0.25, 0.3) is 0 Å². The van der Waals surface area contributed by atoms with E-state index in [-0.39, 0.29) is 0 Å². The number of likely N-dealkylation sites (tertiary alicyclic amines) is 1. The molecule has 128 valence electrons. The van der Waals surface area contributed by atoms with E-state index in [9.17, 15) is 4.79 Å². The molecule has 2 atom stereocenters. The highest BCUT2D eigenvalue weighted by Crippen LogP contribution is 2.27. The summed E-state index contributed by atoms with van der Waals surface area (Å²) < 4.78 is 0. The van der Waals surface area contributed by atoms with Gasteiger partial charge < -0.3 is 11.1 Å². The molecule has 1 fully saturated rings. The summed E-state index contributed by atoms with van der Waals surface area (Å²) in [6, 6.07) is 8.87. The Morgan fingerprint density at radius 1 is 1.30 bits per heavy atom. The van der Waals surface area contributed by atoms with E-state index < -0.39 is 6.03 Å². The Labute approximate surface area is 140 Å². The van der Waals surface area contributed by atoms with Crippen molar-refractivity contribution in [2.75, 3.05) is 11.9 Å². The Hall–Kier alpha value is -1.55. The van der Waals surface area contributed by atoms with Gasteiger partial charge in [-0.3, -0.25) is 4.90 Å². The number of carbonyl (C=O) groups excluding carboxylic acids is 1. The van der Waals surface area contributed by atoms with E-state index in [2.05, 4.69) is 30.1 Å². The van der Waals surface area contributed by atoms with Crippen LogP contribution in [0.15, 0.2) is 24.3 Å². The molecule has 1 aromatic carbocycles. The summed E-state index contributed by atoms with van der Waals surface area (Å²) in [5.41, 5.74) is 7.26. The van der Waals surface area contributed by atoms with E-state index >= 15 is 0 Å². The van der Waals surface area contributed by atoms with Gasteiger partial charge in [-0.15, -0.1) is 0 Å². The maximum absolute atomic E-state index is 11.0. The highest BCUT2D eigenvalue weighted by molar-refractivity contribution is 5.87. The Balaban J connectivity index is 1.93. The molecular weight excluding hydrogens is 286 g/mol. The quantitative estimate of drug-likeness (QED) is 0.708. The lowest BCUT2D eigenvalue weighted by molar-refractivity contribution is 0.197. The van der Waals surface area contributed by atoms with Crippen molar-refractivity contribution in [3.8, 4) is 0 Å². The lowest BCUT2D eigenvalue weighted by Gasteiger charge is -2.28. The van der Waals surface area contributed by atoms with Gasteiger partial charge in [0.2, 0.25) is 0 Å². The minimum atomic E-state index is -0.505. The third kappa shape index (κ3) is 5.54. The molecular formula is C19H31N3O. The number of unbranched alkanes of at least 4 members (excludes halogenated alkanes) is 3. The fraction of sp³-hybridized carbons (Fsp3) is 0.632. The van der Waals surface area contributed by atoms with E-state index in [1.54, 1.807) is 0 Å². The van der Waals surface area contributed by atoms with Crippen molar-refractivity contribution in [3.63, 3.8) is 0 Å². The maximum atomic E-state index is 11.0. The summed E-state index contributed by atoms with van der Waals surface area (Å²) in [6.07, 6.45) is 8.88. The number of hydrogen-bond donors (Lipinski definition) is 2. The molecule has 4 nitrogen and oxygen atoms in total. The molecule has 2 amide bonds. The molecule has 0 saturated carbocycles. The SMILES string of the molecule is CCCCCCN1C(C)CCC1Cc1cccc(NC(N)=O)c1. The fourth-order valence-electron chi connectivity index (χ4n) is 3.66. The van der Waals surface area contributed by atoms with Crippen molar-refractivity contribution >= 4 is 11.7 Å². The second kappa shape index (κ2) is 8.92. The van der Waals surface area contributed by atoms with Gasteiger partial charge in [-0.25, -0.2) is 4.79 Å². The van der Waals surface area contributed by atoms with Crippen LogP contribution in [0.1, 0.15) is 57.9 Å². The first-order valence-corrected chi connectivity index (χ1v) is 9.01. The van der Waals surface area contributed by atoms with Gasteiger partial charge in [-0.1, -0.05) is 38.3 Å². The predicted octanol–water partition coefficient (Wildman–Crippen LogP) is 4.15. The predicted molar refractivity (Wildman–Crippen MR) is 96.7 cm³/mol. The van der Waals surface area contributed by atoms with Crippen LogP contribution in [-0.2, 0) is 6.42 Å². The van der Waals surface area contributed by atoms with E-state index in [0.717, 1.165) is 12.1 Å². The van der Waals surface area contributed by atoms with E-state index in [0.29, 0.717) is 12.1 Å². The number of amides is 2. The van der Waals surface area contributed by atoms with Gasteiger partial charge in [0.1, 0.15) is 0 Å². The third-order valence-corrected chi connectivity index (χ3v) is 4.89. The standard InChI is InChI=1S/C19H31N3O/c1-3-4-5-6-12-22-15(2)10-11-18(22)14-16-8-7-9-17(13-16)21-19(20)23/h7-9,13,15,18H,3-6,10-12,14H2,1-2H3,(H3,20,21,23). The first-order valence-electron chi connectivity index (χ1n) is 9.01. The average Bonchev–Trinajstić information content (AvgIpc) is 2.84. The molecule has 0 aromatic heterocycles. The summed E-state index contributed by atoms with van der Waals surface area (Å²) in [7, 11) is 0. The molecule has 1 aliphatic heterocycles. The summed E-state index contributed by atoms with van der Waals surface area (Å²) in [4.78, 5) is 13.7. The summed E-state index contributed by atoms with van der Waals surface area (Å²) in [5, 5.41) is 2.66. The second-order valence-corrected chi connectivity index (χ2v) is 6.77. The third-order valence-electron chi connectivity index (χ3n) is 4.89. The summed E-state index contributed by atoms with van der Waals surface area (Å²) in [5.74, 6) is 0. The normalized spacial score (nSPS) is 21.5. The Kier molecular flexibility index (Phi) is 6.90. The molecule has 1 heterocycles. The van der Waals surface area contributed by atoms with Crippen LogP contribution in [-0.4, -0.2) is 29.6 Å². The second-order valence-electron chi connectivity index (χ2n) is 6.77. The van der Waals surface area contributed by atoms with Crippen LogP contribution in [0.2, 0.25) is 0 Å². The van der Waals surface area contributed by atoms with E-state index in [1.807, 2.05) is 18.2 Å². The van der Waals surface area contributed by atoms with E-state index in [1.165, 1.54) is 50.6 Å². The number of nitrogens with two attached hydrogens (primary N) is 1. The zero-order valence-electron chi connectivity index (χ0n) is 14.6. The molecule has 1 saturated heterocycles. The minimum absolute atomic E-state index is 0.505. The van der Waals surface area contributed by atoms with Gasteiger partial charge in [0, 0.05) is 17.8 Å². The number of hydrogen-bond acceptors (Lipinski definition) is 2. The Morgan fingerprint density at radius 2 is 2.13 bits per heavy atom. The van der Waals surface area contributed by atoms with Crippen molar-refractivity contribution in [1.82, 2.24) is 4.90 Å². The van der Waals surface area contributed by atoms with Crippen molar-refractivity contribution in [1.29, 1.82) is 0 Å². The van der Waals surface area contributed by atoms with Crippen LogP contribution < -0.4 is 11.1 Å². The first-order chi connectivity index (χ1) is 11.1. The van der Waals surface area contributed by atoms with Crippen LogP contribution in [0.4, 0.5) is 10.5 Å². The molecule has 1 aromatic rings. The van der Waals surface area contributed by atoms with Crippen LogP contribution in [0, 0.1) is 0 Å². The molecule has 0 spiro atoms. The minimum Gasteiger partial charge on any atom is -0.351 e. The molecule has 0 aliphatic carbocycles. The number of nitrogens with zero attached hydrogens (tertiary/aromatic N) is 1. The smallest absolute Gasteiger partial charge is 0.316 e. The number of urea groups is 1. The van der Waals surface area contributed by atoms with Crippen LogP contribution in [0.3, 0.4) is 0 Å². The van der Waals surface area contributed by atoms with Crippen LogP contribution >= 0.6 is 0 Å². The topological polar surface area (TPSA) is 58.4 Å². The Bertz CT molecular complexity index is 503. The average molecular weight is 317 g/mol. The van der Waals surface area contributed by atoms with Gasteiger partial charge in [0.05, 0.1) is 0 Å². The van der Waals surface area contributed by atoms with Gasteiger partial charge in [-0.05, 0) is 56.8 Å². The Morgan fingerprint density at radius 3 is 2.87 bits per heavy atom. The first kappa shape index (κ1) is 17.8. The molecule has 1 aliphatic rings. The van der Waals surface area contributed by atoms with Crippen molar-refractivity contribution < 1.29 is 4.79 Å². The summed E-state index contributed by atoms with van der Waals surface area (Å²) in [6.45, 7) is 5.82. The molecule has 2 unspecified atom stereocenters. The van der Waals surface area contributed by atoms with Crippen molar-refractivity contribution in [2.24, 2.45) is 5.73 Å². The number of primary amides is 1. The fourth-order valence-corrected chi connectivity index (χ4v) is 3.66. The number of nitrogens with one attached hydrogen (secondary N) is 1. The molecule has 23 heavy (non-hydrogen) atoms. The summed E-state index contributed by atoms with van der Waals surface area (Å²) >= 11 is 0. The molecule has 4 heteroatoms. The molecule has 0 bridgehead atoms. The zero-order valence-corrected chi connectivity index (χ0v) is 14.6. The number of anilines is 1. The number of carbonyl (C=O) groups is 1. The van der Waals surface area contributed by atoms with Gasteiger partial charge in [0.15, 0.2) is 0 Å². The van der Waals surface area contributed by atoms with Gasteiger partial charge in [-0.2, -0.15) is 0 Å². The van der Waals surface area contributed by atoms with Crippen molar-refractivity contribution in [2.45, 2.75) is 70.9 Å². The lowest BCUT2D eigenvalue weighted by atomic mass is 10.0. The largest absolute Gasteiger partial charge is 0.351 e. The van der Waals surface area contributed by atoms with Gasteiger partial charge >= 0.3 is 6.03 Å². The zero-order chi connectivity index (χ0) is 16.7. The maximum Gasteiger partial charge on any atom is 0.316 e. The highest BCUT2D eigenvalue weighted by Gasteiger charge is 2.29. The van der Waals surface area contributed by atoms with E-state index in [4.69, 9.17) is 5.73 Å². The monoisotopic (exact) mass is 317 g/mol.